The highest BCUT2D eigenvalue weighted by Crippen LogP contribution is 2.38. The normalized spacial score (nSPS) is 13.4. The second kappa shape index (κ2) is 10.7. The van der Waals surface area contributed by atoms with Crippen LogP contribution in [0.25, 0.3) is 22.4 Å². The number of methoxy groups -OCH3 is 2. The molecule has 9 nitrogen and oxygen atoms in total. The van der Waals surface area contributed by atoms with Crippen LogP contribution in [0.2, 0.25) is 0 Å². The minimum atomic E-state index is -1.08. The second-order valence-electron chi connectivity index (χ2n) is 8.99. The number of hydrogen-bond donors (Lipinski definition) is 2. The zero-order valence-corrected chi connectivity index (χ0v) is 22.1. The van der Waals surface area contributed by atoms with Crippen LogP contribution in [-0.4, -0.2) is 48.1 Å². The summed E-state index contributed by atoms with van der Waals surface area (Å²) in [7, 11) is 2.93. The number of nitrogens with one attached hydrogen (secondary N) is 2. The van der Waals surface area contributed by atoms with E-state index < -0.39 is 23.9 Å². The molecule has 38 heavy (non-hydrogen) atoms. The molecule has 2 aromatic carbocycles. The monoisotopic (exact) mass is 533 g/mol. The van der Waals surface area contributed by atoms with E-state index in [0.29, 0.717) is 27.4 Å². The number of thiophene rings is 1. The van der Waals surface area contributed by atoms with Crippen molar-refractivity contribution in [2.24, 2.45) is 0 Å². The highest BCUT2D eigenvalue weighted by atomic mass is 32.1. The molecule has 0 aliphatic heterocycles. The Morgan fingerprint density at radius 1 is 1.03 bits per heavy atom. The van der Waals surface area contributed by atoms with Gasteiger partial charge in [0, 0.05) is 10.4 Å². The van der Waals surface area contributed by atoms with Gasteiger partial charge in [0.25, 0.3) is 5.91 Å². The van der Waals surface area contributed by atoms with Gasteiger partial charge in [0.05, 0.1) is 36.4 Å². The maximum absolute atomic E-state index is 12.9. The number of rotatable bonds is 7. The van der Waals surface area contributed by atoms with Crippen molar-refractivity contribution in [1.82, 2.24) is 9.97 Å². The van der Waals surface area contributed by atoms with E-state index in [1.807, 2.05) is 24.3 Å². The fraction of sp³-hybridized carbons (Fsp3) is 0.286. The summed E-state index contributed by atoms with van der Waals surface area (Å²) in [4.78, 5) is 47.1. The summed E-state index contributed by atoms with van der Waals surface area (Å²) in [5.74, 6) is -0.249. The molecule has 0 bridgehead atoms. The lowest BCUT2D eigenvalue weighted by Crippen LogP contribution is -2.30. The first-order valence-corrected chi connectivity index (χ1v) is 13.1. The van der Waals surface area contributed by atoms with E-state index in [-0.39, 0.29) is 5.56 Å². The third kappa shape index (κ3) is 4.99. The SMILES string of the molecule is COC(=O)c1c(NC(=O)C(C)OC(=O)c2ccc3nc(-c4ccc(OC)cc4)[nH]c3c2)sc2c1CCCC2. The molecule has 0 saturated carbocycles. The summed E-state index contributed by atoms with van der Waals surface area (Å²) in [6.45, 7) is 1.50. The van der Waals surface area contributed by atoms with Gasteiger partial charge in [0.15, 0.2) is 6.10 Å². The zero-order valence-electron chi connectivity index (χ0n) is 21.3. The van der Waals surface area contributed by atoms with Gasteiger partial charge in [-0.2, -0.15) is 0 Å². The highest BCUT2D eigenvalue weighted by molar-refractivity contribution is 7.17. The van der Waals surface area contributed by atoms with Crippen molar-refractivity contribution in [2.75, 3.05) is 19.5 Å². The van der Waals surface area contributed by atoms with Gasteiger partial charge in [-0.1, -0.05) is 0 Å². The van der Waals surface area contributed by atoms with Crippen molar-refractivity contribution in [3.8, 4) is 17.1 Å². The van der Waals surface area contributed by atoms with Gasteiger partial charge in [0.1, 0.15) is 16.6 Å². The fourth-order valence-electron chi connectivity index (χ4n) is 4.49. The Morgan fingerprint density at radius 2 is 1.79 bits per heavy atom. The lowest BCUT2D eigenvalue weighted by atomic mass is 9.95. The molecule has 0 saturated heterocycles. The number of anilines is 1. The first-order valence-electron chi connectivity index (χ1n) is 12.3. The van der Waals surface area contributed by atoms with Crippen molar-refractivity contribution in [3.05, 3.63) is 64.0 Å². The van der Waals surface area contributed by atoms with E-state index in [1.165, 1.54) is 25.4 Å². The third-order valence-corrected chi connectivity index (χ3v) is 7.74. The smallest absolute Gasteiger partial charge is 0.341 e. The molecule has 1 aliphatic rings. The van der Waals surface area contributed by atoms with Crippen molar-refractivity contribution in [3.63, 3.8) is 0 Å². The van der Waals surface area contributed by atoms with Gasteiger partial charge in [0.2, 0.25) is 0 Å². The minimum Gasteiger partial charge on any atom is -0.497 e. The van der Waals surface area contributed by atoms with Gasteiger partial charge in [-0.05, 0) is 80.6 Å². The Kier molecular flexibility index (Phi) is 7.15. The van der Waals surface area contributed by atoms with Crippen LogP contribution in [0.5, 0.6) is 5.75 Å². The molecule has 1 aliphatic carbocycles. The van der Waals surface area contributed by atoms with Crippen molar-refractivity contribution in [1.29, 1.82) is 0 Å². The predicted octanol–water partition coefficient (Wildman–Crippen LogP) is 5.15. The standard InChI is InChI=1S/C28H27N3O6S/c1-15(25(32)31-26-23(28(34)36-3)19-6-4-5-7-22(19)38-26)37-27(33)17-10-13-20-21(14-17)30-24(29-20)16-8-11-18(35-2)12-9-16/h8-15H,4-7H2,1-3H3,(H,29,30)(H,31,32). The number of aryl methyl sites for hydroxylation is 1. The first kappa shape index (κ1) is 25.5. The number of hydrogen-bond acceptors (Lipinski definition) is 8. The van der Waals surface area contributed by atoms with Crippen LogP contribution in [0.1, 0.15) is 50.9 Å². The summed E-state index contributed by atoms with van der Waals surface area (Å²) in [5.41, 5.74) is 3.85. The number of imidazole rings is 1. The molecule has 0 radical (unpaired) electrons. The first-order chi connectivity index (χ1) is 18.4. The summed E-state index contributed by atoms with van der Waals surface area (Å²) in [6.07, 6.45) is 2.57. The molecule has 1 unspecified atom stereocenters. The summed E-state index contributed by atoms with van der Waals surface area (Å²) in [5, 5.41) is 3.21. The number of aromatic nitrogens is 2. The molecule has 1 atom stereocenters. The number of fused-ring (bicyclic) bond motifs is 2. The summed E-state index contributed by atoms with van der Waals surface area (Å²) < 4.78 is 15.6. The molecule has 0 fully saturated rings. The number of nitrogens with zero attached hydrogens (tertiary/aromatic N) is 1. The lowest BCUT2D eigenvalue weighted by molar-refractivity contribution is -0.123. The van der Waals surface area contributed by atoms with Crippen molar-refractivity contribution in [2.45, 2.75) is 38.7 Å². The quantitative estimate of drug-likeness (QED) is 0.315. The Labute approximate surface area is 223 Å². The van der Waals surface area contributed by atoms with E-state index in [9.17, 15) is 14.4 Å². The molecule has 196 valence electrons. The molecule has 2 aromatic heterocycles. The number of carbonyl (C=O) groups is 3. The van der Waals surface area contributed by atoms with E-state index in [4.69, 9.17) is 14.2 Å². The van der Waals surface area contributed by atoms with Gasteiger partial charge < -0.3 is 24.5 Å². The van der Waals surface area contributed by atoms with E-state index in [0.717, 1.165) is 47.4 Å². The van der Waals surface area contributed by atoms with Gasteiger partial charge >= 0.3 is 11.9 Å². The topological polar surface area (TPSA) is 120 Å². The van der Waals surface area contributed by atoms with Crippen LogP contribution >= 0.6 is 11.3 Å². The molecular formula is C28H27N3O6S. The molecule has 5 rings (SSSR count). The van der Waals surface area contributed by atoms with Crippen molar-refractivity contribution >= 4 is 45.2 Å². The number of esters is 2. The highest BCUT2D eigenvalue weighted by Gasteiger charge is 2.28. The molecular weight excluding hydrogens is 506 g/mol. The summed E-state index contributed by atoms with van der Waals surface area (Å²) in [6, 6.07) is 12.4. The Hall–Kier alpha value is -4.18. The van der Waals surface area contributed by atoms with Crippen LogP contribution in [0.4, 0.5) is 5.00 Å². The fourth-order valence-corrected chi connectivity index (χ4v) is 5.77. The van der Waals surface area contributed by atoms with Crippen LogP contribution < -0.4 is 10.1 Å². The minimum absolute atomic E-state index is 0.281. The van der Waals surface area contributed by atoms with E-state index in [1.54, 1.807) is 25.3 Å². The zero-order chi connectivity index (χ0) is 26.8. The maximum Gasteiger partial charge on any atom is 0.341 e. The summed E-state index contributed by atoms with van der Waals surface area (Å²) >= 11 is 1.38. The van der Waals surface area contributed by atoms with Crippen LogP contribution in [-0.2, 0) is 27.1 Å². The Morgan fingerprint density at radius 3 is 2.53 bits per heavy atom. The molecule has 2 heterocycles. The number of H-pyrrole nitrogens is 1. The van der Waals surface area contributed by atoms with E-state index in [2.05, 4.69) is 15.3 Å². The Balaban J connectivity index is 1.29. The average molecular weight is 534 g/mol. The molecule has 2 N–H and O–H groups in total. The van der Waals surface area contributed by atoms with Crippen LogP contribution in [0.3, 0.4) is 0 Å². The number of aromatic amines is 1. The lowest BCUT2D eigenvalue weighted by Gasteiger charge is -2.14. The number of benzene rings is 2. The average Bonchev–Trinajstić information content (AvgIpc) is 3.53. The van der Waals surface area contributed by atoms with Gasteiger partial charge in [-0.25, -0.2) is 14.6 Å². The largest absolute Gasteiger partial charge is 0.497 e. The predicted molar refractivity (Wildman–Crippen MR) is 144 cm³/mol. The van der Waals surface area contributed by atoms with Gasteiger partial charge in [-0.3, -0.25) is 4.79 Å². The Bertz CT molecular complexity index is 1520. The second-order valence-corrected chi connectivity index (χ2v) is 10.1. The molecule has 4 aromatic rings. The van der Waals surface area contributed by atoms with Gasteiger partial charge in [-0.15, -0.1) is 11.3 Å². The molecule has 10 heteroatoms. The van der Waals surface area contributed by atoms with Crippen LogP contribution in [0.15, 0.2) is 42.5 Å². The van der Waals surface area contributed by atoms with E-state index >= 15 is 0 Å². The number of amides is 1. The number of carbonyl (C=O) groups excluding carboxylic acids is 3. The maximum atomic E-state index is 12.9. The van der Waals surface area contributed by atoms with Crippen LogP contribution in [0, 0.1) is 0 Å². The molecule has 1 amide bonds. The number of ether oxygens (including phenoxy) is 3. The third-order valence-electron chi connectivity index (χ3n) is 6.53. The van der Waals surface area contributed by atoms with Crippen molar-refractivity contribution < 1.29 is 28.6 Å². The molecule has 0 spiro atoms.